The quantitative estimate of drug-likeness (QED) is 0.540. The van der Waals surface area contributed by atoms with Gasteiger partial charge in [-0.05, 0) is 31.2 Å². The van der Waals surface area contributed by atoms with Gasteiger partial charge in [0.05, 0.1) is 16.9 Å². The summed E-state index contributed by atoms with van der Waals surface area (Å²) in [6, 6.07) is 10.3. The SMILES string of the molecule is Cc1cn(C)nc1C(=O)N(Cc1ccccn1)c1nc2c(F)cccc2s1. The highest BCUT2D eigenvalue weighted by Gasteiger charge is 2.26. The summed E-state index contributed by atoms with van der Waals surface area (Å²) >= 11 is 1.27. The second-order valence-corrected chi connectivity index (χ2v) is 7.14. The Bertz CT molecular complexity index is 1120. The van der Waals surface area contributed by atoms with E-state index in [0.717, 1.165) is 5.56 Å². The van der Waals surface area contributed by atoms with E-state index in [4.69, 9.17) is 0 Å². The van der Waals surface area contributed by atoms with E-state index in [1.807, 2.05) is 25.1 Å². The average Bonchev–Trinajstić information content (AvgIpc) is 3.23. The number of rotatable bonds is 4. The van der Waals surface area contributed by atoms with Crippen molar-refractivity contribution in [3.8, 4) is 0 Å². The minimum absolute atomic E-state index is 0.219. The number of fused-ring (bicyclic) bond motifs is 1. The van der Waals surface area contributed by atoms with Gasteiger partial charge in [-0.3, -0.25) is 19.4 Å². The molecule has 1 aromatic carbocycles. The maximum absolute atomic E-state index is 14.1. The van der Waals surface area contributed by atoms with Crippen molar-refractivity contribution in [1.29, 1.82) is 0 Å². The smallest absolute Gasteiger partial charge is 0.276 e. The third-order valence-corrected chi connectivity index (χ3v) is 5.14. The van der Waals surface area contributed by atoms with Crippen LogP contribution in [-0.4, -0.2) is 25.7 Å². The molecule has 136 valence electrons. The number of benzene rings is 1. The van der Waals surface area contributed by atoms with Crippen LogP contribution >= 0.6 is 11.3 Å². The zero-order chi connectivity index (χ0) is 19.0. The Balaban J connectivity index is 1.80. The van der Waals surface area contributed by atoms with Gasteiger partial charge < -0.3 is 0 Å². The van der Waals surface area contributed by atoms with Crippen LogP contribution in [0.5, 0.6) is 0 Å². The third kappa shape index (κ3) is 3.31. The van der Waals surface area contributed by atoms with Crippen molar-refractivity contribution in [2.24, 2.45) is 7.05 Å². The molecule has 3 aromatic heterocycles. The molecule has 0 bridgehead atoms. The van der Waals surface area contributed by atoms with Gasteiger partial charge in [-0.1, -0.05) is 23.5 Å². The zero-order valence-corrected chi connectivity index (χ0v) is 15.6. The van der Waals surface area contributed by atoms with E-state index in [1.54, 1.807) is 36.3 Å². The predicted octanol–water partition coefficient (Wildman–Crippen LogP) is 3.72. The lowest BCUT2D eigenvalue weighted by molar-refractivity contribution is 0.0978. The van der Waals surface area contributed by atoms with Crippen LogP contribution in [0.4, 0.5) is 9.52 Å². The van der Waals surface area contributed by atoms with Crippen molar-refractivity contribution in [3.05, 3.63) is 71.6 Å². The van der Waals surface area contributed by atoms with Crippen LogP contribution in [0.3, 0.4) is 0 Å². The molecule has 4 rings (SSSR count). The number of para-hydroxylation sites is 1. The topological polar surface area (TPSA) is 63.9 Å². The standard InChI is InChI=1S/C19H16FN5OS/c1-12-10-24(2)23-16(12)18(26)25(11-13-6-3-4-9-21-13)19-22-17-14(20)7-5-8-15(17)27-19/h3-10H,11H2,1-2H3. The minimum Gasteiger partial charge on any atom is -0.276 e. The first-order chi connectivity index (χ1) is 13.0. The lowest BCUT2D eigenvalue weighted by atomic mass is 10.2. The van der Waals surface area contributed by atoms with E-state index in [-0.39, 0.29) is 18.0 Å². The lowest BCUT2D eigenvalue weighted by Crippen LogP contribution is -2.31. The van der Waals surface area contributed by atoms with Crippen LogP contribution in [0.25, 0.3) is 10.2 Å². The number of hydrogen-bond acceptors (Lipinski definition) is 5. The van der Waals surface area contributed by atoms with Gasteiger partial charge in [0.15, 0.2) is 10.8 Å². The van der Waals surface area contributed by atoms with E-state index in [2.05, 4.69) is 15.1 Å². The van der Waals surface area contributed by atoms with Crippen LogP contribution in [0.2, 0.25) is 0 Å². The highest BCUT2D eigenvalue weighted by atomic mass is 32.1. The molecule has 0 fully saturated rings. The number of thiazole rings is 1. The third-order valence-electron chi connectivity index (χ3n) is 4.10. The van der Waals surface area contributed by atoms with Crippen LogP contribution in [-0.2, 0) is 13.6 Å². The van der Waals surface area contributed by atoms with Crippen LogP contribution in [0.1, 0.15) is 21.7 Å². The number of anilines is 1. The van der Waals surface area contributed by atoms with E-state index in [9.17, 15) is 9.18 Å². The van der Waals surface area contributed by atoms with Gasteiger partial charge in [0.1, 0.15) is 11.3 Å². The molecular formula is C19H16FN5OS. The summed E-state index contributed by atoms with van der Waals surface area (Å²) in [6.45, 7) is 2.05. The fraction of sp³-hybridized carbons (Fsp3) is 0.158. The molecule has 0 unspecified atom stereocenters. The van der Waals surface area contributed by atoms with E-state index in [1.165, 1.54) is 22.3 Å². The molecule has 0 saturated carbocycles. The number of hydrogen-bond donors (Lipinski definition) is 0. The van der Waals surface area contributed by atoms with Crippen LogP contribution in [0.15, 0.2) is 48.8 Å². The number of pyridine rings is 1. The maximum atomic E-state index is 14.1. The summed E-state index contributed by atoms with van der Waals surface area (Å²) < 4.78 is 16.4. The molecule has 27 heavy (non-hydrogen) atoms. The van der Waals surface area contributed by atoms with Crippen LogP contribution < -0.4 is 4.90 Å². The molecule has 4 aromatic rings. The van der Waals surface area contributed by atoms with Crippen LogP contribution in [0, 0.1) is 12.7 Å². The van der Waals surface area contributed by atoms with Crippen molar-refractivity contribution in [2.75, 3.05) is 4.90 Å². The van der Waals surface area contributed by atoms with E-state index >= 15 is 0 Å². The van der Waals surface area contributed by atoms with Gasteiger partial charge in [0, 0.05) is 25.0 Å². The summed E-state index contributed by atoms with van der Waals surface area (Å²) in [5.74, 6) is -0.701. The molecule has 0 N–H and O–H groups in total. The monoisotopic (exact) mass is 381 g/mol. The second-order valence-electron chi connectivity index (χ2n) is 6.13. The van der Waals surface area contributed by atoms with Crippen molar-refractivity contribution < 1.29 is 9.18 Å². The Morgan fingerprint density at radius 1 is 1.26 bits per heavy atom. The van der Waals surface area contributed by atoms with Gasteiger partial charge in [0.2, 0.25) is 0 Å². The molecule has 8 heteroatoms. The Hall–Kier alpha value is -3.13. The lowest BCUT2D eigenvalue weighted by Gasteiger charge is -2.18. The molecule has 0 spiro atoms. The number of aryl methyl sites for hydroxylation is 2. The number of aromatic nitrogens is 4. The highest BCUT2D eigenvalue weighted by molar-refractivity contribution is 7.22. The largest absolute Gasteiger partial charge is 0.281 e. The molecule has 0 atom stereocenters. The fourth-order valence-electron chi connectivity index (χ4n) is 2.84. The number of amides is 1. The molecule has 0 aliphatic rings. The van der Waals surface area contributed by atoms with E-state index < -0.39 is 5.82 Å². The summed E-state index contributed by atoms with van der Waals surface area (Å²) in [7, 11) is 1.76. The molecule has 0 aliphatic carbocycles. The van der Waals surface area contributed by atoms with Crippen molar-refractivity contribution in [1.82, 2.24) is 19.7 Å². The Morgan fingerprint density at radius 3 is 2.78 bits per heavy atom. The molecule has 0 aliphatic heterocycles. The first kappa shape index (κ1) is 17.3. The number of carbonyl (C=O) groups is 1. The highest BCUT2D eigenvalue weighted by Crippen LogP contribution is 2.32. The molecule has 0 radical (unpaired) electrons. The Morgan fingerprint density at radius 2 is 2.11 bits per heavy atom. The van der Waals surface area contributed by atoms with E-state index in [0.29, 0.717) is 21.2 Å². The molecule has 1 amide bonds. The Labute approximate surface area is 158 Å². The molecular weight excluding hydrogens is 365 g/mol. The van der Waals surface area contributed by atoms with Gasteiger partial charge in [0.25, 0.3) is 5.91 Å². The minimum atomic E-state index is -0.408. The molecule has 0 saturated heterocycles. The molecule has 3 heterocycles. The predicted molar refractivity (Wildman–Crippen MR) is 102 cm³/mol. The number of nitrogens with zero attached hydrogens (tertiary/aromatic N) is 5. The second kappa shape index (κ2) is 6.88. The van der Waals surface area contributed by atoms with Crippen molar-refractivity contribution in [2.45, 2.75) is 13.5 Å². The van der Waals surface area contributed by atoms with Crippen molar-refractivity contribution >= 4 is 32.6 Å². The average molecular weight is 381 g/mol. The first-order valence-corrected chi connectivity index (χ1v) is 9.11. The normalized spacial score (nSPS) is 11.1. The number of carbonyl (C=O) groups excluding carboxylic acids is 1. The van der Waals surface area contributed by atoms with Crippen molar-refractivity contribution in [3.63, 3.8) is 0 Å². The molecule has 6 nitrogen and oxygen atoms in total. The van der Waals surface area contributed by atoms with Gasteiger partial charge in [-0.2, -0.15) is 5.10 Å². The summed E-state index contributed by atoms with van der Waals surface area (Å²) in [4.78, 5) is 23.4. The summed E-state index contributed by atoms with van der Waals surface area (Å²) in [5.41, 5.74) is 2.07. The summed E-state index contributed by atoms with van der Waals surface area (Å²) in [6.07, 6.45) is 3.45. The first-order valence-electron chi connectivity index (χ1n) is 8.30. The Kier molecular flexibility index (Phi) is 4.41. The maximum Gasteiger partial charge on any atom is 0.281 e. The zero-order valence-electron chi connectivity index (χ0n) is 14.8. The van der Waals surface area contributed by atoms with Gasteiger partial charge in [-0.25, -0.2) is 9.37 Å². The van der Waals surface area contributed by atoms with Gasteiger partial charge >= 0.3 is 0 Å². The summed E-state index contributed by atoms with van der Waals surface area (Å²) in [5, 5.41) is 4.69. The fourth-order valence-corrected chi connectivity index (χ4v) is 3.82. The number of halogens is 1. The van der Waals surface area contributed by atoms with Gasteiger partial charge in [-0.15, -0.1) is 0 Å².